The number of ether oxygens (including phenoxy) is 1. The van der Waals surface area contributed by atoms with E-state index in [1.165, 1.54) is 0 Å². The van der Waals surface area contributed by atoms with Gasteiger partial charge in [-0.2, -0.15) is 0 Å². The van der Waals surface area contributed by atoms with Crippen LogP contribution in [0.3, 0.4) is 0 Å². The molecule has 1 aromatic heterocycles. The summed E-state index contributed by atoms with van der Waals surface area (Å²) in [4.78, 5) is 3.94. The Bertz CT molecular complexity index is 570. The smallest absolute Gasteiger partial charge is 0.127 e. The van der Waals surface area contributed by atoms with E-state index in [9.17, 15) is 0 Å². The van der Waals surface area contributed by atoms with Crippen LogP contribution in [0.5, 0.6) is 5.75 Å². The first kappa shape index (κ1) is 12.7. The summed E-state index contributed by atoms with van der Waals surface area (Å²) >= 11 is 6.03. The molecule has 0 saturated carbocycles. The molecule has 0 bridgehead atoms. The van der Waals surface area contributed by atoms with Crippen LogP contribution in [0.1, 0.15) is 16.7 Å². The normalized spacial score (nSPS) is 10.4. The summed E-state index contributed by atoms with van der Waals surface area (Å²) < 4.78 is 5.82. The lowest BCUT2D eigenvalue weighted by Gasteiger charge is -2.14. The van der Waals surface area contributed by atoms with Crippen molar-refractivity contribution < 1.29 is 4.74 Å². The molecule has 0 amide bonds. The van der Waals surface area contributed by atoms with E-state index >= 15 is 0 Å². The molecule has 0 unspecified atom stereocenters. The molecule has 0 aliphatic rings. The van der Waals surface area contributed by atoms with Gasteiger partial charge in [0.25, 0.3) is 0 Å². The molecule has 0 saturated heterocycles. The summed E-state index contributed by atoms with van der Waals surface area (Å²) in [5.41, 5.74) is 9.54. The van der Waals surface area contributed by atoms with Gasteiger partial charge in [0.1, 0.15) is 12.4 Å². The minimum Gasteiger partial charge on any atom is -0.488 e. The van der Waals surface area contributed by atoms with E-state index in [0.717, 1.165) is 28.1 Å². The molecule has 0 radical (unpaired) electrons. The molecule has 18 heavy (non-hydrogen) atoms. The van der Waals surface area contributed by atoms with Crippen molar-refractivity contribution in [2.45, 2.75) is 20.5 Å². The number of anilines is 1. The van der Waals surface area contributed by atoms with E-state index in [4.69, 9.17) is 22.1 Å². The fourth-order valence-corrected chi connectivity index (χ4v) is 1.91. The standard InChI is InChI=1S/C14H15ClN2O/c1-9-3-4-13(16)10(2)14(9)18-8-11-5-6-17-7-12(11)15/h3-7H,8,16H2,1-2H3. The third-order valence-corrected chi connectivity index (χ3v) is 3.21. The third-order valence-electron chi connectivity index (χ3n) is 2.87. The van der Waals surface area contributed by atoms with Gasteiger partial charge < -0.3 is 10.5 Å². The Morgan fingerprint density at radius 3 is 2.78 bits per heavy atom. The van der Waals surface area contributed by atoms with Gasteiger partial charge in [-0.25, -0.2) is 0 Å². The number of pyridine rings is 1. The molecule has 1 heterocycles. The summed E-state index contributed by atoms with van der Waals surface area (Å²) in [5.74, 6) is 0.822. The summed E-state index contributed by atoms with van der Waals surface area (Å²) in [6, 6.07) is 5.68. The first-order chi connectivity index (χ1) is 8.59. The Kier molecular flexibility index (Phi) is 3.72. The van der Waals surface area contributed by atoms with Crippen molar-refractivity contribution in [2.75, 3.05) is 5.73 Å². The molecule has 1 aromatic carbocycles. The van der Waals surface area contributed by atoms with Gasteiger partial charge in [0.15, 0.2) is 0 Å². The lowest BCUT2D eigenvalue weighted by atomic mass is 10.1. The molecule has 94 valence electrons. The minimum absolute atomic E-state index is 0.409. The number of aromatic nitrogens is 1. The zero-order valence-corrected chi connectivity index (χ0v) is 11.2. The SMILES string of the molecule is Cc1ccc(N)c(C)c1OCc1ccncc1Cl. The van der Waals surface area contributed by atoms with Crippen LogP contribution in [0.4, 0.5) is 5.69 Å². The highest BCUT2D eigenvalue weighted by Gasteiger charge is 2.08. The molecule has 0 aliphatic carbocycles. The lowest BCUT2D eigenvalue weighted by molar-refractivity contribution is 0.302. The number of nitrogen functional groups attached to an aromatic ring is 1. The predicted octanol–water partition coefficient (Wildman–Crippen LogP) is 3.51. The number of nitrogens with two attached hydrogens (primary N) is 1. The van der Waals surface area contributed by atoms with E-state index in [2.05, 4.69) is 4.98 Å². The van der Waals surface area contributed by atoms with E-state index in [-0.39, 0.29) is 0 Å². The van der Waals surface area contributed by atoms with E-state index < -0.39 is 0 Å². The summed E-state index contributed by atoms with van der Waals surface area (Å²) in [5, 5.41) is 0.608. The maximum Gasteiger partial charge on any atom is 0.127 e. The Morgan fingerprint density at radius 2 is 2.06 bits per heavy atom. The van der Waals surface area contributed by atoms with Crippen LogP contribution >= 0.6 is 11.6 Å². The third kappa shape index (κ3) is 2.57. The van der Waals surface area contributed by atoms with Crippen molar-refractivity contribution >= 4 is 17.3 Å². The second-order valence-corrected chi connectivity index (χ2v) is 4.59. The number of rotatable bonds is 3. The van der Waals surface area contributed by atoms with Crippen LogP contribution in [0.25, 0.3) is 0 Å². The van der Waals surface area contributed by atoms with Gasteiger partial charge in [-0.1, -0.05) is 17.7 Å². The highest BCUT2D eigenvalue weighted by atomic mass is 35.5. The lowest BCUT2D eigenvalue weighted by Crippen LogP contribution is -2.01. The molecule has 4 heteroatoms. The van der Waals surface area contributed by atoms with Gasteiger partial charge in [0.2, 0.25) is 0 Å². The van der Waals surface area contributed by atoms with Crippen LogP contribution in [0.15, 0.2) is 30.6 Å². The van der Waals surface area contributed by atoms with Crippen LogP contribution in [-0.4, -0.2) is 4.98 Å². The molecule has 2 N–H and O–H groups in total. The zero-order valence-electron chi connectivity index (χ0n) is 10.4. The Balaban J connectivity index is 2.21. The Morgan fingerprint density at radius 1 is 1.28 bits per heavy atom. The first-order valence-corrected chi connectivity index (χ1v) is 6.04. The van der Waals surface area contributed by atoms with E-state index in [0.29, 0.717) is 11.6 Å². The fourth-order valence-electron chi connectivity index (χ4n) is 1.74. The minimum atomic E-state index is 0.409. The average Bonchev–Trinajstić information content (AvgIpc) is 2.36. The molecular weight excluding hydrogens is 248 g/mol. The van der Waals surface area contributed by atoms with Crippen molar-refractivity contribution in [1.29, 1.82) is 0 Å². The fraction of sp³-hybridized carbons (Fsp3) is 0.214. The summed E-state index contributed by atoms with van der Waals surface area (Å²) in [6.07, 6.45) is 3.31. The molecule has 3 nitrogen and oxygen atoms in total. The van der Waals surface area contributed by atoms with Gasteiger partial charge in [-0.15, -0.1) is 0 Å². The number of halogens is 1. The number of aryl methyl sites for hydroxylation is 1. The second-order valence-electron chi connectivity index (χ2n) is 4.18. The van der Waals surface area contributed by atoms with Gasteiger partial charge in [-0.05, 0) is 31.5 Å². The van der Waals surface area contributed by atoms with Gasteiger partial charge in [0, 0.05) is 29.2 Å². The number of hydrogen-bond donors (Lipinski definition) is 1. The highest BCUT2D eigenvalue weighted by Crippen LogP contribution is 2.28. The van der Waals surface area contributed by atoms with Crippen molar-refractivity contribution in [3.05, 3.63) is 52.3 Å². The summed E-state index contributed by atoms with van der Waals surface area (Å²) in [7, 11) is 0. The van der Waals surface area contributed by atoms with Gasteiger partial charge >= 0.3 is 0 Å². The van der Waals surface area contributed by atoms with E-state index in [1.54, 1.807) is 12.4 Å². The molecular formula is C14H15ClN2O. The predicted molar refractivity (Wildman–Crippen MR) is 73.9 cm³/mol. The quantitative estimate of drug-likeness (QED) is 0.861. The maximum absolute atomic E-state index is 6.03. The van der Waals surface area contributed by atoms with Crippen LogP contribution in [0, 0.1) is 13.8 Å². The van der Waals surface area contributed by atoms with E-state index in [1.807, 2.05) is 32.0 Å². The highest BCUT2D eigenvalue weighted by molar-refractivity contribution is 6.31. The van der Waals surface area contributed by atoms with Gasteiger partial charge in [-0.3, -0.25) is 4.98 Å². The van der Waals surface area contributed by atoms with Crippen molar-refractivity contribution in [2.24, 2.45) is 0 Å². The topological polar surface area (TPSA) is 48.1 Å². The average molecular weight is 263 g/mol. The molecule has 2 aromatic rings. The zero-order chi connectivity index (χ0) is 13.1. The largest absolute Gasteiger partial charge is 0.488 e. The van der Waals surface area contributed by atoms with Crippen LogP contribution < -0.4 is 10.5 Å². The Labute approximate surface area is 112 Å². The molecule has 0 aliphatic heterocycles. The first-order valence-electron chi connectivity index (χ1n) is 5.66. The number of nitrogens with zero attached hydrogens (tertiary/aromatic N) is 1. The van der Waals surface area contributed by atoms with Crippen molar-refractivity contribution in [3.8, 4) is 5.75 Å². The maximum atomic E-state index is 6.03. The number of benzene rings is 1. The van der Waals surface area contributed by atoms with Gasteiger partial charge in [0.05, 0.1) is 5.02 Å². The number of hydrogen-bond acceptors (Lipinski definition) is 3. The monoisotopic (exact) mass is 262 g/mol. The van der Waals surface area contributed by atoms with Crippen molar-refractivity contribution in [1.82, 2.24) is 4.98 Å². The molecule has 2 rings (SSSR count). The summed E-state index contributed by atoms with van der Waals surface area (Å²) in [6.45, 7) is 4.36. The molecule has 0 atom stereocenters. The van der Waals surface area contributed by atoms with Crippen LogP contribution in [0.2, 0.25) is 5.02 Å². The molecule has 0 fully saturated rings. The molecule has 0 spiro atoms. The Hall–Kier alpha value is -1.74. The second kappa shape index (κ2) is 5.27. The van der Waals surface area contributed by atoms with Crippen LogP contribution in [-0.2, 0) is 6.61 Å². The van der Waals surface area contributed by atoms with Crippen molar-refractivity contribution in [3.63, 3.8) is 0 Å².